The highest BCUT2D eigenvalue weighted by molar-refractivity contribution is 9.10. The number of nitrogens with one attached hydrogen (secondary N) is 1. The van der Waals surface area contributed by atoms with E-state index in [9.17, 15) is 4.39 Å². The second-order valence-electron chi connectivity index (χ2n) is 5.43. The molecule has 1 aromatic rings. The number of rotatable bonds is 4. The van der Waals surface area contributed by atoms with Crippen molar-refractivity contribution in [2.45, 2.75) is 32.9 Å². The predicted molar refractivity (Wildman–Crippen MR) is 76.2 cm³/mol. The minimum atomic E-state index is -0.233. The van der Waals surface area contributed by atoms with Gasteiger partial charge in [0.1, 0.15) is 5.82 Å². The predicted octanol–water partition coefficient (Wildman–Crippen LogP) is 3.91. The molecule has 2 nitrogen and oxygen atoms in total. The van der Waals surface area contributed by atoms with Gasteiger partial charge in [-0.05, 0) is 34.5 Å². The number of hydrogen-bond acceptors (Lipinski definition) is 2. The van der Waals surface area contributed by atoms with Gasteiger partial charge in [0.15, 0.2) is 0 Å². The monoisotopic (exact) mass is 317 g/mol. The van der Waals surface area contributed by atoms with E-state index in [0.29, 0.717) is 10.0 Å². The molecule has 102 valence electrons. The molecule has 2 unspecified atom stereocenters. The van der Waals surface area contributed by atoms with Crippen LogP contribution >= 0.6 is 15.9 Å². The lowest BCUT2D eigenvalue weighted by Crippen LogP contribution is -2.40. The Balaban J connectivity index is 3.20. The summed E-state index contributed by atoms with van der Waals surface area (Å²) in [5.74, 6) is -0.233. The first-order valence-electron chi connectivity index (χ1n) is 5.97. The Bertz CT molecular complexity index is 403. The van der Waals surface area contributed by atoms with E-state index in [1.165, 1.54) is 0 Å². The Hall–Kier alpha value is -0.450. The summed E-state index contributed by atoms with van der Waals surface area (Å²) in [5.41, 5.74) is 0.533. The second kappa shape index (κ2) is 6.13. The number of benzene rings is 1. The molecule has 0 radical (unpaired) electrons. The highest BCUT2D eigenvalue weighted by Gasteiger charge is 2.34. The average Bonchev–Trinajstić information content (AvgIpc) is 2.28. The van der Waals surface area contributed by atoms with Crippen molar-refractivity contribution in [1.29, 1.82) is 0 Å². The van der Waals surface area contributed by atoms with E-state index in [1.807, 2.05) is 13.1 Å². The first-order valence-corrected chi connectivity index (χ1v) is 6.76. The second-order valence-corrected chi connectivity index (χ2v) is 6.29. The summed E-state index contributed by atoms with van der Waals surface area (Å²) in [7, 11) is 3.49. The van der Waals surface area contributed by atoms with Crippen molar-refractivity contribution in [2.75, 3.05) is 14.2 Å². The third-order valence-corrected chi connectivity index (χ3v) is 3.65. The van der Waals surface area contributed by atoms with Crippen LogP contribution in [0, 0.1) is 11.2 Å². The van der Waals surface area contributed by atoms with Gasteiger partial charge in [-0.1, -0.05) is 32.9 Å². The maximum Gasteiger partial charge on any atom is 0.142 e. The molecule has 2 atom stereocenters. The van der Waals surface area contributed by atoms with Crippen molar-refractivity contribution in [3.8, 4) is 0 Å². The maximum absolute atomic E-state index is 14.2. The first-order chi connectivity index (χ1) is 8.32. The molecule has 1 rings (SSSR count). The molecule has 0 aliphatic rings. The van der Waals surface area contributed by atoms with E-state index in [1.54, 1.807) is 19.2 Å². The van der Waals surface area contributed by atoms with Crippen molar-refractivity contribution in [3.63, 3.8) is 0 Å². The van der Waals surface area contributed by atoms with Gasteiger partial charge in [-0.15, -0.1) is 0 Å². The average molecular weight is 318 g/mol. The number of halogens is 2. The molecule has 0 saturated heterocycles. The summed E-state index contributed by atoms with van der Waals surface area (Å²) in [6, 6.07) is 5.14. The quantitative estimate of drug-likeness (QED) is 0.909. The SMILES string of the molecule is CNC(c1cccc(Br)c1F)C(OC)C(C)(C)C. The van der Waals surface area contributed by atoms with Crippen LogP contribution < -0.4 is 5.32 Å². The van der Waals surface area contributed by atoms with Crippen LogP contribution in [0.4, 0.5) is 4.39 Å². The zero-order valence-electron chi connectivity index (χ0n) is 11.6. The minimum absolute atomic E-state index is 0.0861. The van der Waals surface area contributed by atoms with Gasteiger partial charge < -0.3 is 10.1 Å². The third kappa shape index (κ3) is 3.31. The summed E-state index contributed by atoms with van der Waals surface area (Å²) in [6.07, 6.45) is -0.119. The maximum atomic E-state index is 14.2. The lowest BCUT2D eigenvalue weighted by molar-refractivity contribution is -0.0109. The third-order valence-electron chi connectivity index (χ3n) is 3.04. The fourth-order valence-electron chi connectivity index (χ4n) is 2.22. The Morgan fingerprint density at radius 1 is 1.33 bits per heavy atom. The van der Waals surface area contributed by atoms with Gasteiger partial charge in [0, 0.05) is 12.7 Å². The van der Waals surface area contributed by atoms with E-state index < -0.39 is 0 Å². The Morgan fingerprint density at radius 3 is 2.39 bits per heavy atom. The summed E-state index contributed by atoms with van der Waals surface area (Å²) in [5, 5.41) is 3.16. The fourth-order valence-corrected chi connectivity index (χ4v) is 2.60. The summed E-state index contributed by atoms with van der Waals surface area (Å²) < 4.78 is 20.2. The molecule has 0 bridgehead atoms. The molecule has 0 fully saturated rings. The van der Waals surface area contributed by atoms with Gasteiger partial charge >= 0.3 is 0 Å². The lowest BCUT2D eigenvalue weighted by Gasteiger charge is -2.36. The van der Waals surface area contributed by atoms with E-state index in [0.717, 1.165) is 0 Å². The summed E-state index contributed by atoms with van der Waals surface area (Å²) in [6.45, 7) is 6.25. The Morgan fingerprint density at radius 2 is 1.94 bits per heavy atom. The minimum Gasteiger partial charge on any atom is -0.379 e. The van der Waals surface area contributed by atoms with Gasteiger partial charge in [0.2, 0.25) is 0 Å². The van der Waals surface area contributed by atoms with Gasteiger partial charge in [-0.3, -0.25) is 0 Å². The van der Waals surface area contributed by atoms with Gasteiger partial charge in [0.25, 0.3) is 0 Å². The standard InChI is InChI=1S/C14H21BrFNO/c1-14(2,3)13(18-5)12(17-4)9-7-6-8-10(15)11(9)16/h6-8,12-13,17H,1-5H3. The van der Waals surface area contributed by atoms with Crippen molar-refractivity contribution < 1.29 is 9.13 Å². The van der Waals surface area contributed by atoms with Crippen molar-refractivity contribution in [1.82, 2.24) is 5.32 Å². The zero-order valence-corrected chi connectivity index (χ0v) is 13.1. The van der Waals surface area contributed by atoms with Crippen LogP contribution in [0.15, 0.2) is 22.7 Å². The van der Waals surface area contributed by atoms with Crippen LogP contribution in [0.2, 0.25) is 0 Å². The molecule has 1 N–H and O–H groups in total. The summed E-state index contributed by atoms with van der Waals surface area (Å²) >= 11 is 3.22. The molecule has 0 saturated carbocycles. The number of ether oxygens (including phenoxy) is 1. The zero-order chi connectivity index (χ0) is 13.9. The highest BCUT2D eigenvalue weighted by Crippen LogP contribution is 2.34. The van der Waals surface area contributed by atoms with Gasteiger partial charge in [-0.25, -0.2) is 4.39 Å². The van der Waals surface area contributed by atoms with E-state index in [-0.39, 0.29) is 23.4 Å². The Kier molecular flexibility index (Phi) is 5.32. The molecule has 0 spiro atoms. The van der Waals surface area contributed by atoms with E-state index in [4.69, 9.17) is 4.74 Å². The largest absolute Gasteiger partial charge is 0.379 e. The molecule has 4 heteroatoms. The molecule has 0 aliphatic carbocycles. The molecule has 0 heterocycles. The molecular weight excluding hydrogens is 297 g/mol. The van der Waals surface area contributed by atoms with Crippen LogP contribution in [0.25, 0.3) is 0 Å². The number of likely N-dealkylation sites (N-methyl/N-ethyl adjacent to an activating group) is 1. The molecular formula is C14H21BrFNO. The van der Waals surface area contributed by atoms with Crippen molar-refractivity contribution in [3.05, 3.63) is 34.1 Å². The molecule has 1 aromatic carbocycles. The topological polar surface area (TPSA) is 21.3 Å². The van der Waals surface area contributed by atoms with E-state index in [2.05, 4.69) is 42.0 Å². The molecule has 0 aromatic heterocycles. The van der Waals surface area contributed by atoms with E-state index >= 15 is 0 Å². The number of methoxy groups -OCH3 is 1. The lowest BCUT2D eigenvalue weighted by atomic mass is 9.82. The normalized spacial score (nSPS) is 15.5. The smallest absolute Gasteiger partial charge is 0.142 e. The van der Waals surface area contributed by atoms with Crippen molar-refractivity contribution >= 4 is 15.9 Å². The van der Waals surface area contributed by atoms with Crippen LogP contribution in [0.1, 0.15) is 32.4 Å². The summed E-state index contributed by atoms with van der Waals surface area (Å²) in [4.78, 5) is 0. The van der Waals surface area contributed by atoms with Crippen molar-refractivity contribution in [2.24, 2.45) is 5.41 Å². The van der Waals surface area contributed by atoms with Crippen LogP contribution in [-0.2, 0) is 4.74 Å². The highest BCUT2D eigenvalue weighted by atomic mass is 79.9. The fraction of sp³-hybridized carbons (Fsp3) is 0.571. The van der Waals surface area contributed by atoms with Crippen LogP contribution in [-0.4, -0.2) is 20.3 Å². The number of hydrogen-bond donors (Lipinski definition) is 1. The first kappa shape index (κ1) is 15.6. The van der Waals surface area contributed by atoms with Gasteiger partial charge in [0.05, 0.1) is 16.6 Å². The van der Waals surface area contributed by atoms with Crippen LogP contribution in [0.5, 0.6) is 0 Å². The van der Waals surface area contributed by atoms with Crippen LogP contribution in [0.3, 0.4) is 0 Å². The molecule has 0 aliphatic heterocycles. The molecule has 18 heavy (non-hydrogen) atoms. The van der Waals surface area contributed by atoms with Gasteiger partial charge in [-0.2, -0.15) is 0 Å². The Labute approximate surface area is 117 Å². The molecule has 0 amide bonds.